The fraction of sp³-hybridized carbons (Fsp3) is 0.542. The second kappa shape index (κ2) is 9.77. The molecule has 1 saturated heterocycles. The number of aryl methyl sites for hydroxylation is 1. The summed E-state index contributed by atoms with van der Waals surface area (Å²) in [5.74, 6) is 0.583. The van der Waals surface area contributed by atoms with Crippen molar-refractivity contribution in [3.8, 4) is 0 Å². The van der Waals surface area contributed by atoms with Crippen LogP contribution >= 0.6 is 0 Å². The number of benzene rings is 1. The molecule has 1 saturated carbocycles. The Hall–Kier alpha value is -2.16. The number of anilines is 1. The highest BCUT2D eigenvalue weighted by molar-refractivity contribution is 7.88. The lowest BCUT2D eigenvalue weighted by Crippen LogP contribution is -2.48. The maximum absolute atomic E-state index is 12.2. The van der Waals surface area contributed by atoms with Gasteiger partial charge >= 0.3 is 0 Å². The van der Waals surface area contributed by atoms with Crippen molar-refractivity contribution in [1.29, 1.82) is 0 Å². The number of aromatic nitrogens is 1. The largest absolute Gasteiger partial charge is 0.376 e. The highest BCUT2D eigenvalue weighted by atomic mass is 32.2. The monoisotopic (exact) mass is 459 g/mol. The smallest absolute Gasteiger partial charge is 0.252 e. The second-order valence-electron chi connectivity index (χ2n) is 9.10. The molecular formula is C24H33N3O4S. The third-order valence-corrected chi connectivity index (χ3v) is 7.51. The van der Waals surface area contributed by atoms with Gasteiger partial charge in [-0.1, -0.05) is 30.3 Å². The van der Waals surface area contributed by atoms with E-state index < -0.39 is 10.0 Å². The number of hydrogen-bond donors (Lipinski definition) is 1. The molecule has 2 heterocycles. The molecule has 0 radical (unpaired) electrons. The van der Waals surface area contributed by atoms with Crippen LogP contribution < -0.4 is 15.2 Å². The van der Waals surface area contributed by atoms with E-state index in [4.69, 9.17) is 4.74 Å². The first-order chi connectivity index (χ1) is 15.3. The van der Waals surface area contributed by atoms with E-state index in [1.165, 1.54) is 16.4 Å². The van der Waals surface area contributed by atoms with Crippen molar-refractivity contribution in [3.05, 3.63) is 64.6 Å². The van der Waals surface area contributed by atoms with Crippen LogP contribution in [0.2, 0.25) is 0 Å². The second-order valence-corrected chi connectivity index (χ2v) is 10.9. The summed E-state index contributed by atoms with van der Waals surface area (Å²) in [6, 6.07) is 13.8. The summed E-state index contributed by atoms with van der Waals surface area (Å²) in [6.07, 6.45) is 8.00. The van der Waals surface area contributed by atoms with Crippen LogP contribution in [0.25, 0.3) is 0 Å². The van der Waals surface area contributed by atoms with Crippen molar-refractivity contribution in [3.63, 3.8) is 0 Å². The number of pyridine rings is 1. The molecule has 1 aliphatic carbocycles. The predicted molar refractivity (Wildman–Crippen MR) is 127 cm³/mol. The van der Waals surface area contributed by atoms with E-state index in [0.717, 1.165) is 31.4 Å². The van der Waals surface area contributed by atoms with Crippen LogP contribution in [0.4, 0.5) is 5.69 Å². The zero-order valence-corrected chi connectivity index (χ0v) is 19.6. The number of ether oxygens (including phenoxy) is 1. The molecule has 1 aliphatic heterocycles. The van der Waals surface area contributed by atoms with Crippen LogP contribution in [0.15, 0.2) is 53.5 Å². The Balaban J connectivity index is 1.42. The Kier molecular flexibility index (Phi) is 7.02. The highest BCUT2D eigenvalue weighted by Crippen LogP contribution is 2.34. The Morgan fingerprint density at radius 3 is 2.44 bits per heavy atom. The van der Waals surface area contributed by atoms with Crippen LogP contribution in [0.3, 0.4) is 0 Å². The van der Waals surface area contributed by atoms with E-state index in [1.54, 1.807) is 19.3 Å². The van der Waals surface area contributed by atoms with Crippen LogP contribution in [-0.4, -0.2) is 50.6 Å². The van der Waals surface area contributed by atoms with E-state index >= 15 is 0 Å². The molecule has 2 aromatic rings. The molecule has 0 unspecified atom stereocenters. The molecule has 4 rings (SSSR count). The summed E-state index contributed by atoms with van der Waals surface area (Å²) < 4.78 is 34.5. The van der Waals surface area contributed by atoms with Crippen molar-refractivity contribution < 1.29 is 13.2 Å². The van der Waals surface area contributed by atoms with Crippen molar-refractivity contribution >= 4 is 15.7 Å². The molecule has 2 atom stereocenters. The highest BCUT2D eigenvalue weighted by Gasteiger charge is 2.37. The van der Waals surface area contributed by atoms with Gasteiger partial charge in [0.25, 0.3) is 5.56 Å². The minimum atomic E-state index is -3.34. The first-order valence-corrected chi connectivity index (χ1v) is 13.3. The minimum absolute atomic E-state index is 0.0825. The number of rotatable bonds is 7. The average Bonchev–Trinajstić information content (AvgIpc) is 3.16. The molecular weight excluding hydrogens is 426 g/mol. The van der Waals surface area contributed by atoms with Crippen molar-refractivity contribution in [2.45, 2.75) is 56.2 Å². The predicted octanol–water partition coefficient (Wildman–Crippen LogP) is 2.62. The summed E-state index contributed by atoms with van der Waals surface area (Å²) in [5, 5.41) is 0. The van der Waals surface area contributed by atoms with Gasteiger partial charge in [0, 0.05) is 37.6 Å². The van der Waals surface area contributed by atoms with Crippen LogP contribution in [-0.2, 0) is 21.8 Å². The summed E-state index contributed by atoms with van der Waals surface area (Å²) in [5.41, 5.74) is 2.13. The van der Waals surface area contributed by atoms with E-state index in [2.05, 4.69) is 40.0 Å². The van der Waals surface area contributed by atoms with Gasteiger partial charge in [0.1, 0.15) is 0 Å². The van der Waals surface area contributed by atoms with Crippen LogP contribution in [0.1, 0.15) is 43.6 Å². The fourth-order valence-electron chi connectivity index (χ4n) is 5.03. The van der Waals surface area contributed by atoms with E-state index in [0.29, 0.717) is 25.5 Å². The number of nitrogens with one attached hydrogen (secondary N) is 1. The average molecular weight is 460 g/mol. The van der Waals surface area contributed by atoms with Gasteiger partial charge in [0.05, 0.1) is 25.0 Å². The van der Waals surface area contributed by atoms with Gasteiger partial charge in [-0.3, -0.25) is 4.79 Å². The first-order valence-electron chi connectivity index (χ1n) is 11.4. The summed E-state index contributed by atoms with van der Waals surface area (Å²) in [6.45, 7) is 1.11. The summed E-state index contributed by atoms with van der Waals surface area (Å²) in [7, 11) is -1.62. The molecule has 0 bridgehead atoms. The molecule has 7 nitrogen and oxygen atoms in total. The maximum Gasteiger partial charge on any atom is 0.252 e. The van der Waals surface area contributed by atoms with Gasteiger partial charge < -0.3 is 14.2 Å². The third-order valence-electron chi connectivity index (χ3n) is 6.78. The van der Waals surface area contributed by atoms with E-state index in [9.17, 15) is 13.2 Å². The molecule has 174 valence electrons. The Morgan fingerprint density at radius 2 is 1.78 bits per heavy atom. The molecule has 2 fully saturated rings. The first kappa shape index (κ1) is 23.0. The van der Waals surface area contributed by atoms with E-state index in [-0.39, 0.29) is 23.7 Å². The van der Waals surface area contributed by atoms with Gasteiger partial charge in [-0.2, -0.15) is 0 Å². The molecule has 0 amide bonds. The summed E-state index contributed by atoms with van der Waals surface area (Å²) in [4.78, 5) is 14.3. The lowest BCUT2D eigenvalue weighted by Gasteiger charge is -2.33. The molecule has 1 aromatic heterocycles. The molecule has 8 heteroatoms. The SMILES string of the molecule is Cn1ccc(N2CC[C@H](NS(C)(=O)=O)[C@@H]2CO[C@H]2CC[C@@H](c3ccccc3)CC2)cc1=O. The number of nitrogens with zero attached hydrogens (tertiary/aromatic N) is 2. The topological polar surface area (TPSA) is 80.6 Å². The standard InChI is InChI=1S/C24H33N3O4S/c1-26-14-12-20(16-24(26)28)27-15-13-22(25-32(2,29)30)23(27)17-31-21-10-8-19(9-11-21)18-6-4-3-5-7-18/h3-7,12,14,16,19,21-23,25H,8-11,13,15,17H2,1-2H3/t19-,21+,22-,23-/m0/s1. The molecule has 32 heavy (non-hydrogen) atoms. The molecule has 2 aliphatic rings. The third kappa shape index (κ3) is 5.60. The summed E-state index contributed by atoms with van der Waals surface area (Å²) >= 11 is 0. The van der Waals surface area contributed by atoms with Crippen molar-refractivity contribution in [2.24, 2.45) is 7.05 Å². The van der Waals surface area contributed by atoms with Gasteiger partial charge in [0.15, 0.2) is 0 Å². The van der Waals surface area contributed by atoms with Crippen LogP contribution in [0, 0.1) is 0 Å². The lowest BCUT2D eigenvalue weighted by atomic mass is 9.83. The van der Waals surface area contributed by atoms with Gasteiger partial charge in [-0.05, 0) is 49.7 Å². The number of sulfonamides is 1. The van der Waals surface area contributed by atoms with Crippen molar-refractivity contribution in [1.82, 2.24) is 9.29 Å². The van der Waals surface area contributed by atoms with Gasteiger partial charge in [0.2, 0.25) is 10.0 Å². The quantitative estimate of drug-likeness (QED) is 0.689. The zero-order chi connectivity index (χ0) is 22.7. The minimum Gasteiger partial charge on any atom is -0.376 e. The van der Waals surface area contributed by atoms with Crippen molar-refractivity contribution in [2.75, 3.05) is 24.3 Å². The Bertz CT molecular complexity index is 1060. The number of hydrogen-bond acceptors (Lipinski definition) is 5. The Labute approximate surface area is 190 Å². The normalized spacial score (nSPS) is 26.4. The Morgan fingerprint density at radius 1 is 1.06 bits per heavy atom. The molecule has 1 aromatic carbocycles. The van der Waals surface area contributed by atoms with Crippen LogP contribution in [0.5, 0.6) is 0 Å². The fourth-order valence-corrected chi connectivity index (χ4v) is 5.86. The maximum atomic E-state index is 12.2. The van der Waals surface area contributed by atoms with E-state index in [1.807, 2.05) is 6.07 Å². The lowest BCUT2D eigenvalue weighted by molar-refractivity contribution is 0.0157. The zero-order valence-electron chi connectivity index (χ0n) is 18.8. The van der Waals surface area contributed by atoms with Gasteiger partial charge in [-0.25, -0.2) is 13.1 Å². The molecule has 0 spiro atoms. The molecule has 1 N–H and O–H groups in total. The van der Waals surface area contributed by atoms with Gasteiger partial charge in [-0.15, -0.1) is 0 Å².